The molecular formula is C8H15N3O4. The molecule has 3 amide bonds. The molecule has 0 heterocycles. The second kappa shape index (κ2) is 6.63. The first-order chi connectivity index (χ1) is 6.93. The molecule has 0 spiro atoms. The zero-order valence-electron chi connectivity index (χ0n) is 8.74. The van der Waals surface area contributed by atoms with Gasteiger partial charge in [0.1, 0.15) is 6.54 Å². The van der Waals surface area contributed by atoms with E-state index in [0.29, 0.717) is 6.54 Å². The number of carbonyl (C=O) groups is 3. The van der Waals surface area contributed by atoms with Crippen LogP contribution in [0.25, 0.3) is 0 Å². The van der Waals surface area contributed by atoms with Crippen LogP contribution in [-0.2, 0) is 9.59 Å². The molecule has 0 aromatic carbocycles. The van der Waals surface area contributed by atoms with Crippen molar-refractivity contribution in [2.75, 3.05) is 26.7 Å². The van der Waals surface area contributed by atoms with E-state index in [4.69, 9.17) is 5.11 Å². The van der Waals surface area contributed by atoms with Crippen LogP contribution < -0.4 is 10.6 Å². The topological polar surface area (TPSA) is 98.7 Å². The predicted octanol–water partition coefficient (Wildman–Crippen LogP) is -1.15. The minimum absolute atomic E-state index is 0.178. The van der Waals surface area contributed by atoms with Crippen LogP contribution in [0.15, 0.2) is 0 Å². The Morgan fingerprint density at radius 1 is 1.20 bits per heavy atom. The Morgan fingerprint density at radius 2 is 1.73 bits per heavy atom. The van der Waals surface area contributed by atoms with Crippen molar-refractivity contribution in [1.82, 2.24) is 15.5 Å². The maximum atomic E-state index is 11.2. The van der Waals surface area contributed by atoms with Crippen molar-refractivity contribution < 1.29 is 19.5 Å². The molecule has 0 aromatic rings. The number of carboxylic acids is 1. The average molecular weight is 217 g/mol. The van der Waals surface area contributed by atoms with Crippen LogP contribution in [0, 0.1) is 0 Å². The van der Waals surface area contributed by atoms with Crippen LogP contribution in [-0.4, -0.2) is 54.6 Å². The van der Waals surface area contributed by atoms with Crippen molar-refractivity contribution in [1.29, 1.82) is 0 Å². The average Bonchev–Trinajstić information content (AvgIpc) is 2.10. The second-order valence-corrected chi connectivity index (χ2v) is 2.96. The highest BCUT2D eigenvalue weighted by atomic mass is 16.4. The summed E-state index contributed by atoms with van der Waals surface area (Å²) in [5.74, 6) is -1.25. The Morgan fingerprint density at radius 3 is 2.20 bits per heavy atom. The summed E-state index contributed by atoms with van der Waals surface area (Å²) in [5, 5.41) is 13.3. The largest absolute Gasteiger partial charge is 0.480 e. The molecule has 0 saturated carbocycles. The van der Waals surface area contributed by atoms with E-state index in [1.165, 1.54) is 14.0 Å². The lowest BCUT2D eigenvalue weighted by molar-refractivity contribution is -0.137. The summed E-state index contributed by atoms with van der Waals surface area (Å²) in [6.07, 6.45) is 0. The van der Waals surface area contributed by atoms with Crippen LogP contribution in [0.3, 0.4) is 0 Å². The van der Waals surface area contributed by atoms with Gasteiger partial charge in [0.25, 0.3) is 0 Å². The molecule has 0 atom stereocenters. The smallest absolute Gasteiger partial charge is 0.323 e. The van der Waals surface area contributed by atoms with Gasteiger partial charge in [0.2, 0.25) is 5.91 Å². The minimum Gasteiger partial charge on any atom is -0.480 e. The van der Waals surface area contributed by atoms with Gasteiger partial charge in [-0.2, -0.15) is 0 Å². The number of hydrogen-bond donors (Lipinski definition) is 3. The number of amides is 3. The maximum Gasteiger partial charge on any atom is 0.323 e. The third kappa shape index (κ3) is 7.29. The van der Waals surface area contributed by atoms with Gasteiger partial charge in [-0.3, -0.25) is 9.59 Å². The fourth-order valence-electron chi connectivity index (χ4n) is 0.818. The van der Waals surface area contributed by atoms with E-state index >= 15 is 0 Å². The Kier molecular flexibility index (Phi) is 5.84. The third-order valence-electron chi connectivity index (χ3n) is 1.49. The van der Waals surface area contributed by atoms with Crippen LogP contribution in [0.4, 0.5) is 4.79 Å². The minimum atomic E-state index is -1.07. The van der Waals surface area contributed by atoms with Crippen LogP contribution in [0.5, 0.6) is 0 Å². The Bertz CT molecular complexity index is 254. The first-order valence-electron chi connectivity index (χ1n) is 4.38. The van der Waals surface area contributed by atoms with Gasteiger partial charge in [0.05, 0.1) is 0 Å². The normalized spacial score (nSPS) is 9.20. The number of urea groups is 1. The molecule has 0 aromatic heterocycles. The monoisotopic (exact) mass is 217 g/mol. The zero-order chi connectivity index (χ0) is 11.8. The lowest BCUT2D eigenvalue weighted by atomic mass is 10.5. The molecule has 0 radical (unpaired) electrons. The van der Waals surface area contributed by atoms with Crippen LogP contribution in [0.1, 0.15) is 6.92 Å². The van der Waals surface area contributed by atoms with Crippen molar-refractivity contribution in [2.45, 2.75) is 6.92 Å². The number of nitrogens with zero attached hydrogens (tertiary/aromatic N) is 1. The zero-order valence-corrected chi connectivity index (χ0v) is 8.74. The van der Waals surface area contributed by atoms with Gasteiger partial charge in [-0.05, 0) is 0 Å². The number of carboxylic acid groups (broad SMARTS) is 1. The van der Waals surface area contributed by atoms with Crippen molar-refractivity contribution >= 4 is 17.9 Å². The van der Waals surface area contributed by atoms with Gasteiger partial charge in [0, 0.05) is 27.1 Å². The van der Waals surface area contributed by atoms with Gasteiger partial charge in [-0.15, -0.1) is 0 Å². The molecule has 15 heavy (non-hydrogen) atoms. The summed E-state index contributed by atoms with van der Waals surface area (Å²) >= 11 is 0. The Hall–Kier alpha value is -1.79. The molecule has 0 unspecified atom stereocenters. The van der Waals surface area contributed by atoms with Crippen molar-refractivity contribution in [2.24, 2.45) is 0 Å². The molecule has 7 heteroatoms. The van der Waals surface area contributed by atoms with E-state index in [9.17, 15) is 14.4 Å². The van der Waals surface area contributed by atoms with Gasteiger partial charge in [-0.25, -0.2) is 4.79 Å². The second-order valence-electron chi connectivity index (χ2n) is 2.96. The third-order valence-corrected chi connectivity index (χ3v) is 1.49. The number of rotatable bonds is 5. The maximum absolute atomic E-state index is 11.2. The summed E-state index contributed by atoms with van der Waals surface area (Å²) in [6, 6.07) is -0.484. The fraction of sp³-hybridized carbons (Fsp3) is 0.625. The quantitative estimate of drug-likeness (QED) is 0.506. The van der Waals surface area contributed by atoms with Gasteiger partial charge in [0.15, 0.2) is 0 Å². The van der Waals surface area contributed by atoms with Crippen molar-refractivity contribution in [3.05, 3.63) is 0 Å². The molecule has 0 aliphatic heterocycles. The predicted molar refractivity (Wildman–Crippen MR) is 52.3 cm³/mol. The molecule has 0 aliphatic carbocycles. The summed E-state index contributed by atoms with van der Waals surface area (Å²) in [4.78, 5) is 32.9. The SMILES string of the molecule is CC(=O)NCCNC(=O)N(C)CC(=O)O. The standard InChI is InChI=1S/C8H15N3O4/c1-6(12)9-3-4-10-8(15)11(2)5-7(13)14/h3-5H2,1-2H3,(H,9,12)(H,10,15)(H,13,14). The Labute approximate surface area is 87.4 Å². The summed E-state index contributed by atoms with van der Waals surface area (Å²) in [6.45, 7) is 1.61. The van der Waals surface area contributed by atoms with Gasteiger partial charge in [-0.1, -0.05) is 0 Å². The summed E-state index contributed by atoms with van der Waals surface area (Å²) in [7, 11) is 1.38. The van der Waals surface area contributed by atoms with E-state index in [1.54, 1.807) is 0 Å². The van der Waals surface area contributed by atoms with Crippen LogP contribution in [0.2, 0.25) is 0 Å². The molecule has 0 saturated heterocycles. The molecule has 0 fully saturated rings. The first kappa shape index (κ1) is 13.2. The number of carbonyl (C=O) groups excluding carboxylic acids is 2. The molecular weight excluding hydrogens is 202 g/mol. The molecule has 7 nitrogen and oxygen atoms in total. The van der Waals surface area contributed by atoms with E-state index in [2.05, 4.69) is 10.6 Å². The fourth-order valence-corrected chi connectivity index (χ4v) is 0.818. The van der Waals surface area contributed by atoms with E-state index < -0.39 is 12.0 Å². The van der Waals surface area contributed by atoms with Gasteiger partial charge >= 0.3 is 12.0 Å². The van der Waals surface area contributed by atoms with Crippen LogP contribution >= 0.6 is 0 Å². The number of aliphatic carboxylic acids is 1. The van der Waals surface area contributed by atoms with Gasteiger partial charge < -0.3 is 20.6 Å². The lowest BCUT2D eigenvalue weighted by Crippen LogP contribution is -2.42. The summed E-state index contributed by atoms with van der Waals surface area (Å²) in [5.41, 5.74) is 0. The highest BCUT2D eigenvalue weighted by Gasteiger charge is 2.10. The van der Waals surface area contributed by atoms with Crippen molar-refractivity contribution in [3.63, 3.8) is 0 Å². The lowest BCUT2D eigenvalue weighted by Gasteiger charge is -2.15. The molecule has 86 valence electrons. The van der Waals surface area contributed by atoms with Crippen molar-refractivity contribution in [3.8, 4) is 0 Å². The molecule has 0 rings (SSSR count). The molecule has 0 bridgehead atoms. The first-order valence-corrected chi connectivity index (χ1v) is 4.38. The number of nitrogens with one attached hydrogen (secondary N) is 2. The number of hydrogen-bond acceptors (Lipinski definition) is 3. The highest BCUT2D eigenvalue weighted by molar-refractivity contribution is 5.79. The number of likely N-dealkylation sites (N-methyl/N-ethyl adjacent to an activating group) is 1. The molecule has 0 aliphatic rings. The highest BCUT2D eigenvalue weighted by Crippen LogP contribution is 1.82. The van der Waals surface area contributed by atoms with E-state index in [1.807, 2.05) is 0 Å². The van der Waals surface area contributed by atoms with E-state index in [0.717, 1.165) is 4.90 Å². The van der Waals surface area contributed by atoms with E-state index in [-0.39, 0.29) is 19.0 Å². The Balaban J connectivity index is 3.64. The molecule has 3 N–H and O–H groups in total. The summed E-state index contributed by atoms with van der Waals surface area (Å²) < 4.78 is 0.